The van der Waals surface area contributed by atoms with Crippen molar-refractivity contribution >= 4 is 12.4 Å². The Balaban J connectivity index is 0.00000242. The first-order valence-corrected chi connectivity index (χ1v) is 7.38. The average Bonchev–Trinajstić information content (AvgIpc) is 2.50. The van der Waals surface area contributed by atoms with Crippen LogP contribution in [0.2, 0.25) is 0 Å². The molecule has 0 spiro atoms. The van der Waals surface area contributed by atoms with Gasteiger partial charge in [-0.3, -0.25) is 4.90 Å². The Labute approximate surface area is 138 Å². The van der Waals surface area contributed by atoms with Crippen LogP contribution in [0.3, 0.4) is 0 Å². The number of halogens is 2. The third-order valence-corrected chi connectivity index (χ3v) is 4.16. The van der Waals surface area contributed by atoms with E-state index in [0.717, 1.165) is 26.2 Å². The first kappa shape index (κ1) is 19.2. The number of aliphatic hydroxyl groups excluding tert-OH is 1. The number of hydrogen-bond donors (Lipinski definition) is 2. The molecule has 0 radical (unpaired) electrons. The Morgan fingerprint density at radius 3 is 2.55 bits per heavy atom. The first-order chi connectivity index (χ1) is 9.99. The molecule has 0 aliphatic carbocycles. The van der Waals surface area contributed by atoms with Crippen LogP contribution in [0.4, 0.5) is 4.39 Å². The smallest absolute Gasteiger partial charge is 0.128 e. The minimum atomic E-state index is -0.440. The number of aliphatic hydroxyl groups is 1. The van der Waals surface area contributed by atoms with Crippen LogP contribution in [0.5, 0.6) is 5.75 Å². The molecule has 0 saturated carbocycles. The van der Waals surface area contributed by atoms with Crippen molar-refractivity contribution in [2.75, 3.05) is 39.9 Å². The molecule has 2 rings (SSSR count). The van der Waals surface area contributed by atoms with Gasteiger partial charge in [-0.25, -0.2) is 4.39 Å². The Hall–Kier alpha value is -0.880. The van der Waals surface area contributed by atoms with Gasteiger partial charge in [-0.2, -0.15) is 0 Å². The van der Waals surface area contributed by atoms with Gasteiger partial charge >= 0.3 is 0 Å². The molecule has 126 valence electrons. The number of nitrogens with zero attached hydrogens (tertiary/aromatic N) is 1. The monoisotopic (exact) mass is 332 g/mol. The molecule has 1 aliphatic heterocycles. The van der Waals surface area contributed by atoms with E-state index in [1.807, 2.05) is 13.8 Å². The molecule has 1 atom stereocenters. The highest BCUT2D eigenvalue weighted by atomic mass is 35.5. The van der Waals surface area contributed by atoms with Crippen LogP contribution in [0.15, 0.2) is 18.2 Å². The summed E-state index contributed by atoms with van der Waals surface area (Å²) < 4.78 is 19.6. The lowest BCUT2D eigenvalue weighted by Gasteiger charge is -2.43. The van der Waals surface area contributed by atoms with Gasteiger partial charge in [0, 0.05) is 49.8 Å². The van der Waals surface area contributed by atoms with Crippen LogP contribution in [-0.2, 0) is 0 Å². The molecule has 6 heteroatoms. The second kappa shape index (κ2) is 8.11. The summed E-state index contributed by atoms with van der Waals surface area (Å²) in [4.78, 5) is 2.24. The Morgan fingerprint density at radius 1 is 1.36 bits per heavy atom. The molecular formula is C16H26ClFN2O2. The van der Waals surface area contributed by atoms with Crippen molar-refractivity contribution in [1.29, 1.82) is 0 Å². The quantitative estimate of drug-likeness (QED) is 0.868. The highest BCUT2D eigenvalue weighted by Crippen LogP contribution is 2.40. The van der Waals surface area contributed by atoms with Gasteiger partial charge in [0.1, 0.15) is 11.6 Å². The van der Waals surface area contributed by atoms with E-state index in [1.54, 1.807) is 19.2 Å². The molecule has 0 bridgehead atoms. The molecule has 0 aromatic heterocycles. The third kappa shape index (κ3) is 4.10. The van der Waals surface area contributed by atoms with E-state index in [1.165, 1.54) is 6.07 Å². The minimum absolute atomic E-state index is 0. The molecule has 1 aliphatic rings. The number of rotatable bonds is 5. The molecule has 1 aromatic carbocycles. The molecule has 1 heterocycles. The highest BCUT2D eigenvalue weighted by Gasteiger charge is 2.37. The van der Waals surface area contributed by atoms with E-state index >= 15 is 0 Å². The molecule has 1 aromatic rings. The first-order valence-electron chi connectivity index (χ1n) is 7.38. The van der Waals surface area contributed by atoms with Crippen molar-refractivity contribution < 1.29 is 14.2 Å². The second-order valence-corrected chi connectivity index (χ2v) is 6.22. The van der Waals surface area contributed by atoms with Gasteiger partial charge in [0.15, 0.2) is 0 Å². The fourth-order valence-corrected chi connectivity index (χ4v) is 3.00. The topological polar surface area (TPSA) is 44.7 Å². The lowest BCUT2D eigenvalue weighted by molar-refractivity contribution is 0.0285. The van der Waals surface area contributed by atoms with Gasteiger partial charge in [0.25, 0.3) is 0 Å². The standard InChI is InChI=1S/C16H25FN2O2.ClH/c1-16(2,11-20)15(19-8-6-18-7-9-19)13-10-12(21-3)4-5-14(13)17;/h4-5,10,15,18,20H,6-9,11H2,1-3H3;1H/t15-;/m1./s1. The van der Waals surface area contributed by atoms with Crippen molar-refractivity contribution in [2.45, 2.75) is 19.9 Å². The Bertz CT molecular complexity index is 479. The second-order valence-electron chi connectivity index (χ2n) is 6.22. The van der Waals surface area contributed by atoms with Crippen LogP contribution in [-0.4, -0.2) is 49.9 Å². The van der Waals surface area contributed by atoms with Gasteiger partial charge in [-0.1, -0.05) is 13.8 Å². The zero-order valence-electron chi connectivity index (χ0n) is 13.4. The maximum absolute atomic E-state index is 14.4. The normalized spacial score (nSPS) is 17.7. The van der Waals surface area contributed by atoms with Crippen LogP contribution in [0.25, 0.3) is 0 Å². The van der Waals surface area contributed by atoms with Gasteiger partial charge in [0.05, 0.1) is 7.11 Å². The Kier molecular flexibility index (Phi) is 7.06. The average molecular weight is 333 g/mol. The van der Waals surface area contributed by atoms with Crippen LogP contribution >= 0.6 is 12.4 Å². The van der Waals surface area contributed by atoms with E-state index in [-0.39, 0.29) is 30.9 Å². The number of ether oxygens (including phenoxy) is 1. The molecule has 1 fully saturated rings. The van der Waals surface area contributed by atoms with Crippen molar-refractivity contribution in [3.63, 3.8) is 0 Å². The number of nitrogens with one attached hydrogen (secondary N) is 1. The van der Waals surface area contributed by atoms with Gasteiger partial charge < -0.3 is 15.2 Å². The number of piperazine rings is 1. The minimum Gasteiger partial charge on any atom is -0.497 e. The largest absolute Gasteiger partial charge is 0.497 e. The van der Waals surface area contributed by atoms with Crippen molar-refractivity contribution in [3.8, 4) is 5.75 Å². The maximum Gasteiger partial charge on any atom is 0.128 e. The molecule has 4 nitrogen and oxygen atoms in total. The molecule has 22 heavy (non-hydrogen) atoms. The summed E-state index contributed by atoms with van der Waals surface area (Å²) >= 11 is 0. The number of hydrogen-bond acceptors (Lipinski definition) is 4. The van der Waals surface area contributed by atoms with E-state index in [0.29, 0.717) is 11.3 Å². The fraction of sp³-hybridized carbons (Fsp3) is 0.625. The predicted molar refractivity (Wildman–Crippen MR) is 88.3 cm³/mol. The van der Waals surface area contributed by atoms with Crippen molar-refractivity contribution in [1.82, 2.24) is 10.2 Å². The zero-order valence-corrected chi connectivity index (χ0v) is 14.3. The third-order valence-electron chi connectivity index (χ3n) is 4.16. The van der Waals surface area contributed by atoms with E-state index in [2.05, 4.69) is 10.2 Å². The van der Waals surface area contributed by atoms with Crippen LogP contribution in [0.1, 0.15) is 25.5 Å². The Morgan fingerprint density at radius 2 is 2.00 bits per heavy atom. The molecular weight excluding hydrogens is 307 g/mol. The summed E-state index contributed by atoms with van der Waals surface area (Å²) in [7, 11) is 1.58. The SMILES string of the molecule is COc1ccc(F)c([C@@H](N2CCNCC2)C(C)(C)CO)c1.Cl. The van der Waals surface area contributed by atoms with Crippen LogP contribution in [0, 0.1) is 11.2 Å². The molecule has 1 saturated heterocycles. The van der Waals surface area contributed by atoms with E-state index in [9.17, 15) is 9.50 Å². The van der Waals surface area contributed by atoms with Gasteiger partial charge in [0.2, 0.25) is 0 Å². The van der Waals surface area contributed by atoms with E-state index < -0.39 is 5.41 Å². The lowest BCUT2D eigenvalue weighted by atomic mass is 9.79. The summed E-state index contributed by atoms with van der Waals surface area (Å²) in [5.41, 5.74) is 0.153. The summed E-state index contributed by atoms with van der Waals surface area (Å²) in [6, 6.07) is 4.63. The number of methoxy groups -OCH3 is 1. The fourth-order valence-electron chi connectivity index (χ4n) is 3.00. The van der Waals surface area contributed by atoms with E-state index in [4.69, 9.17) is 4.74 Å². The maximum atomic E-state index is 14.4. The lowest BCUT2D eigenvalue weighted by Crippen LogP contribution is -2.49. The molecule has 2 N–H and O–H groups in total. The zero-order chi connectivity index (χ0) is 15.5. The summed E-state index contributed by atoms with van der Waals surface area (Å²) in [6.45, 7) is 7.37. The van der Waals surface area contributed by atoms with Gasteiger partial charge in [-0.05, 0) is 18.2 Å². The van der Waals surface area contributed by atoms with Gasteiger partial charge in [-0.15, -0.1) is 12.4 Å². The molecule has 0 amide bonds. The van der Waals surface area contributed by atoms with Crippen molar-refractivity contribution in [3.05, 3.63) is 29.6 Å². The summed E-state index contributed by atoms with van der Waals surface area (Å²) in [6.07, 6.45) is 0. The summed E-state index contributed by atoms with van der Waals surface area (Å²) in [5, 5.41) is 13.1. The molecule has 0 unspecified atom stereocenters. The van der Waals surface area contributed by atoms with Crippen LogP contribution < -0.4 is 10.1 Å². The number of benzene rings is 1. The van der Waals surface area contributed by atoms with Crippen molar-refractivity contribution in [2.24, 2.45) is 5.41 Å². The summed E-state index contributed by atoms with van der Waals surface area (Å²) in [5.74, 6) is 0.390. The predicted octanol–water partition coefficient (Wildman–Crippen LogP) is 2.22. The highest BCUT2D eigenvalue weighted by molar-refractivity contribution is 5.85.